The van der Waals surface area contributed by atoms with Crippen LogP contribution in [0.5, 0.6) is 0 Å². The summed E-state index contributed by atoms with van der Waals surface area (Å²) >= 11 is 0. The minimum atomic E-state index is -0.705. The fourth-order valence-electron chi connectivity index (χ4n) is 3.55. The molecule has 2 aliphatic heterocycles. The van der Waals surface area contributed by atoms with Gasteiger partial charge in [-0.25, -0.2) is 0 Å². The Balaban J connectivity index is 1.77. The lowest BCUT2D eigenvalue weighted by Crippen LogP contribution is -2.59. The Bertz CT molecular complexity index is 419. The van der Waals surface area contributed by atoms with Crippen LogP contribution in [0.25, 0.3) is 0 Å². The van der Waals surface area contributed by atoms with Gasteiger partial charge in [0.1, 0.15) is 5.41 Å². The highest BCUT2D eigenvalue weighted by Gasteiger charge is 2.57. The van der Waals surface area contributed by atoms with Gasteiger partial charge in [0.05, 0.1) is 0 Å². The van der Waals surface area contributed by atoms with Gasteiger partial charge in [-0.2, -0.15) is 0 Å². The Hall–Kier alpha value is -1.30. The number of hydrogen-bond acceptors (Lipinski definition) is 4. The van der Waals surface area contributed by atoms with Crippen molar-refractivity contribution < 1.29 is 10.0 Å². The van der Waals surface area contributed by atoms with Crippen molar-refractivity contribution >= 4 is 11.7 Å². The number of oxime groups is 1. The lowest BCUT2D eigenvalue weighted by molar-refractivity contribution is -0.140. The average molecular weight is 266 g/mol. The smallest absolute Gasteiger partial charge is 0.236 e. The molecular formula is C13H22N4O2. The van der Waals surface area contributed by atoms with Gasteiger partial charge in [0.15, 0.2) is 5.84 Å². The second kappa shape index (κ2) is 4.37. The van der Waals surface area contributed by atoms with E-state index in [0.29, 0.717) is 18.9 Å². The molecule has 3 rings (SSSR count). The van der Waals surface area contributed by atoms with Crippen LogP contribution in [0.15, 0.2) is 5.16 Å². The summed E-state index contributed by atoms with van der Waals surface area (Å²) in [6.07, 6.45) is 3.82. The number of amidine groups is 1. The number of carbonyl (C=O) groups excluding carboxylic acids is 1. The monoisotopic (exact) mass is 266 g/mol. The molecule has 0 spiro atoms. The number of nitrogens with zero attached hydrogens (tertiary/aromatic N) is 3. The molecule has 0 aromatic heterocycles. The summed E-state index contributed by atoms with van der Waals surface area (Å²) in [6, 6.07) is 0.717. The lowest BCUT2D eigenvalue weighted by Gasteiger charge is -2.43. The molecule has 6 nitrogen and oxygen atoms in total. The Kier molecular flexibility index (Phi) is 2.92. The first-order valence-electron chi connectivity index (χ1n) is 7.11. The Labute approximate surface area is 113 Å². The summed E-state index contributed by atoms with van der Waals surface area (Å²) in [7, 11) is 0. The van der Waals surface area contributed by atoms with E-state index < -0.39 is 5.41 Å². The van der Waals surface area contributed by atoms with Crippen LogP contribution in [-0.2, 0) is 4.79 Å². The van der Waals surface area contributed by atoms with Gasteiger partial charge < -0.3 is 15.8 Å². The molecule has 0 aromatic carbocycles. The number of rotatable bonds is 2. The highest BCUT2D eigenvalue weighted by Crippen LogP contribution is 2.48. The predicted octanol–water partition coefficient (Wildman–Crippen LogP) is 0.208. The first-order chi connectivity index (χ1) is 9.08. The molecule has 0 aromatic rings. The lowest BCUT2D eigenvalue weighted by atomic mass is 10.00. The number of hydrogen-bond donors (Lipinski definition) is 2. The van der Waals surface area contributed by atoms with E-state index in [4.69, 9.17) is 10.9 Å². The van der Waals surface area contributed by atoms with Gasteiger partial charge in [0, 0.05) is 25.2 Å². The van der Waals surface area contributed by atoms with E-state index in [1.165, 1.54) is 12.8 Å². The minimum absolute atomic E-state index is 0.0573. The van der Waals surface area contributed by atoms with E-state index in [0.717, 1.165) is 19.6 Å². The maximum Gasteiger partial charge on any atom is 0.236 e. The molecule has 1 amide bonds. The molecule has 2 saturated heterocycles. The summed E-state index contributed by atoms with van der Waals surface area (Å²) in [5, 5.41) is 11.9. The van der Waals surface area contributed by atoms with E-state index in [1.807, 2.05) is 4.90 Å². The molecule has 1 saturated carbocycles. The first kappa shape index (κ1) is 12.7. The maximum atomic E-state index is 12.7. The molecule has 3 fully saturated rings. The van der Waals surface area contributed by atoms with Crippen molar-refractivity contribution in [2.75, 3.05) is 19.6 Å². The highest BCUT2D eigenvalue weighted by molar-refractivity contribution is 6.09. The third-order valence-corrected chi connectivity index (χ3v) is 4.96. The molecule has 0 radical (unpaired) electrons. The van der Waals surface area contributed by atoms with Crippen molar-refractivity contribution in [3.63, 3.8) is 0 Å². The molecular weight excluding hydrogens is 244 g/mol. The molecule has 2 atom stereocenters. The zero-order valence-electron chi connectivity index (χ0n) is 11.4. The average Bonchev–Trinajstić information content (AvgIpc) is 3.10. The number of fused-ring (bicyclic) bond motifs is 1. The molecule has 1 aliphatic carbocycles. The van der Waals surface area contributed by atoms with Gasteiger partial charge in [-0.15, -0.1) is 0 Å². The van der Waals surface area contributed by atoms with Gasteiger partial charge >= 0.3 is 0 Å². The fourth-order valence-corrected chi connectivity index (χ4v) is 3.55. The summed E-state index contributed by atoms with van der Waals surface area (Å²) in [4.78, 5) is 17.2. The van der Waals surface area contributed by atoms with Gasteiger partial charge in [0.25, 0.3) is 0 Å². The molecule has 6 heteroatoms. The van der Waals surface area contributed by atoms with Gasteiger partial charge in [0.2, 0.25) is 5.91 Å². The Morgan fingerprint density at radius 1 is 1.42 bits per heavy atom. The van der Waals surface area contributed by atoms with Crippen molar-refractivity contribution in [2.24, 2.45) is 16.3 Å². The van der Waals surface area contributed by atoms with E-state index in [-0.39, 0.29) is 17.8 Å². The topological polar surface area (TPSA) is 82.2 Å². The van der Waals surface area contributed by atoms with Crippen molar-refractivity contribution in [2.45, 2.75) is 44.7 Å². The summed E-state index contributed by atoms with van der Waals surface area (Å²) in [5.74, 6) is 0.139. The second-order valence-electron chi connectivity index (χ2n) is 6.16. The van der Waals surface area contributed by atoms with Crippen LogP contribution in [0.3, 0.4) is 0 Å². The number of carbonyl (C=O) groups is 1. The van der Waals surface area contributed by atoms with E-state index in [1.54, 1.807) is 0 Å². The van der Waals surface area contributed by atoms with Gasteiger partial charge in [-0.1, -0.05) is 5.16 Å². The van der Waals surface area contributed by atoms with Crippen molar-refractivity contribution in [3.05, 3.63) is 0 Å². The zero-order valence-corrected chi connectivity index (χ0v) is 11.4. The summed E-state index contributed by atoms with van der Waals surface area (Å²) in [5.41, 5.74) is 5.01. The molecule has 3 N–H and O–H groups in total. The fraction of sp³-hybridized carbons (Fsp3) is 0.846. The molecule has 106 valence electrons. The van der Waals surface area contributed by atoms with Crippen LogP contribution in [0.2, 0.25) is 0 Å². The van der Waals surface area contributed by atoms with Crippen LogP contribution < -0.4 is 5.73 Å². The largest absolute Gasteiger partial charge is 0.409 e. The van der Waals surface area contributed by atoms with Gasteiger partial charge in [-0.3, -0.25) is 9.69 Å². The predicted molar refractivity (Wildman–Crippen MR) is 70.8 cm³/mol. The molecule has 2 heterocycles. The molecule has 3 aliphatic rings. The van der Waals surface area contributed by atoms with Crippen LogP contribution >= 0.6 is 0 Å². The third kappa shape index (κ3) is 1.89. The van der Waals surface area contributed by atoms with E-state index >= 15 is 0 Å². The first-order valence-corrected chi connectivity index (χ1v) is 7.11. The summed E-state index contributed by atoms with van der Waals surface area (Å²) in [6.45, 7) is 4.99. The Morgan fingerprint density at radius 2 is 2.16 bits per heavy atom. The van der Waals surface area contributed by atoms with Crippen molar-refractivity contribution in [1.82, 2.24) is 9.80 Å². The Morgan fingerprint density at radius 3 is 2.79 bits per heavy atom. The number of nitrogens with two attached hydrogens (primary N) is 1. The van der Waals surface area contributed by atoms with Crippen LogP contribution in [0, 0.1) is 5.41 Å². The molecule has 2 unspecified atom stereocenters. The normalized spacial score (nSPS) is 34.2. The maximum absolute atomic E-state index is 12.7. The van der Waals surface area contributed by atoms with Crippen molar-refractivity contribution in [3.8, 4) is 0 Å². The van der Waals surface area contributed by atoms with Crippen LogP contribution in [0.4, 0.5) is 0 Å². The molecule has 0 bridgehead atoms. The molecule has 19 heavy (non-hydrogen) atoms. The van der Waals surface area contributed by atoms with Gasteiger partial charge in [-0.05, 0) is 39.2 Å². The second-order valence-corrected chi connectivity index (χ2v) is 6.16. The minimum Gasteiger partial charge on any atom is -0.409 e. The van der Waals surface area contributed by atoms with Crippen molar-refractivity contribution in [1.29, 1.82) is 0 Å². The number of piperazine rings is 1. The standard InChI is InChI=1S/C13H22N4O2/c1-9-7-16-6-2-3-10(16)8-17(9)12(18)13(4-5-13)11(14)15-19/h9-10,19H,2-8H2,1H3,(H2,14,15). The van der Waals surface area contributed by atoms with Crippen LogP contribution in [0.1, 0.15) is 32.6 Å². The number of amides is 1. The van der Waals surface area contributed by atoms with Crippen LogP contribution in [-0.4, -0.2) is 58.5 Å². The highest BCUT2D eigenvalue weighted by atomic mass is 16.4. The summed E-state index contributed by atoms with van der Waals surface area (Å²) < 4.78 is 0. The van der Waals surface area contributed by atoms with E-state index in [9.17, 15) is 4.79 Å². The van der Waals surface area contributed by atoms with E-state index in [2.05, 4.69) is 17.0 Å². The quantitative estimate of drug-likeness (QED) is 0.324. The third-order valence-electron chi connectivity index (χ3n) is 4.96. The SMILES string of the molecule is CC1CN2CCCC2CN1C(=O)C1(C(N)=NO)CC1. The zero-order chi connectivity index (χ0) is 13.6.